The number of piperidine rings is 1. The normalized spacial score (nSPS) is 20.4. The minimum absolute atomic E-state index is 0. The fraction of sp³-hybridized carbons (Fsp3) is 0.556. The van der Waals surface area contributed by atoms with E-state index in [0.717, 1.165) is 50.9 Å². The molecule has 4 rings (SSSR count). The highest BCUT2D eigenvalue weighted by molar-refractivity contribution is 5.85. The topological polar surface area (TPSA) is 93.4 Å². The molecule has 9 heteroatoms. The summed E-state index contributed by atoms with van der Waals surface area (Å²) < 4.78 is 11.2. The van der Waals surface area contributed by atoms with Crippen LogP contribution in [0.5, 0.6) is 0 Å². The van der Waals surface area contributed by atoms with Gasteiger partial charge in [0, 0.05) is 31.0 Å². The van der Waals surface area contributed by atoms with Gasteiger partial charge >= 0.3 is 0 Å². The minimum atomic E-state index is 0. The molecule has 2 fully saturated rings. The Morgan fingerprint density at radius 3 is 2.74 bits per heavy atom. The lowest BCUT2D eigenvalue weighted by Crippen LogP contribution is -2.48. The van der Waals surface area contributed by atoms with Gasteiger partial charge < -0.3 is 19.5 Å². The second-order valence-electron chi connectivity index (χ2n) is 6.73. The number of rotatable bonds is 5. The first kappa shape index (κ1) is 19.7. The Morgan fingerprint density at radius 2 is 2.04 bits per heavy atom. The van der Waals surface area contributed by atoms with Crippen molar-refractivity contribution in [3.63, 3.8) is 0 Å². The fourth-order valence-electron chi connectivity index (χ4n) is 3.48. The van der Waals surface area contributed by atoms with Crippen molar-refractivity contribution in [2.24, 2.45) is 0 Å². The lowest BCUT2D eigenvalue weighted by atomic mass is 10.1. The quantitative estimate of drug-likeness (QED) is 0.827. The van der Waals surface area contributed by atoms with Gasteiger partial charge in [0.05, 0.1) is 12.1 Å². The number of likely N-dealkylation sites (tertiary alicyclic amines) is 1. The van der Waals surface area contributed by atoms with Gasteiger partial charge in [0.15, 0.2) is 0 Å². The molecule has 1 amide bonds. The van der Waals surface area contributed by atoms with Gasteiger partial charge in [-0.25, -0.2) is 0 Å². The molecule has 8 nitrogen and oxygen atoms in total. The van der Waals surface area contributed by atoms with Crippen LogP contribution in [0.1, 0.15) is 31.6 Å². The number of aromatic nitrogens is 3. The van der Waals surface area contributed by atoms with Crippen LogP contribution in [0.2, 0.25) is 0 Å². The van der Waals surface area contributed by atoms with Crippen LogP contribution in [-0.2, 0) is 16.1 Å². The summed E-state index contributed by atoms with van der Waals surface area (Å²) in [7, 11) is 0. The van der Waals surface area contributed by atoms with Crippen molar-refractivity contribution in [3.05, 3.63) is 30.4 Å². The van der Waals surface area contributed by atoms with Crippen molar-refractivity contribution in [1.29, 1.82) is 0 Å². The third-order valence-electron chi connectivity index (χ3n) is 4.96. The molecule has 0 saturated carbocycles. The molecule has 2 saturated heterocycles. The summed E-state index contributed by atoms with van der Waals surface area (Å²) in [6.07, 6.45) is 7.21. The summed E-state index contributed by atoms with van der Waals surface area (Å²) >= 11 is 0. The van der Waals surface area contributed by atoms with Crippen LogP contribution in [0.3, 0.4) is 0 Å². The van der Waals surface area contributed by atoms with E-state index >= 15 is 0 Å². The number of nitrogens with zero attached hydrogens (tertiary/aromatic N) is 4. The van der Waals surface area contributed by atoms with Gasteiger partial charge in [-0.05, 0) is 44.4 Å². The first-order valence-electron chi connectivity index (χ1n) is 9.16. The van der Waals surface area contributed by atoms with E-state index in [2.05, 4.69) is 20.4 Å². The zero-order valence-electron chi connectivity index (χ0n) is 15.0. The third-order valence-corrected chi connectivity index (χ3v) is 4.96. The molecule has 0 aliphatic carbocycles. The molecule has 2 aliphatic heterocycles. The standard InChI is InChI=1S/C18H23N5O3.ClH/c24-18(15-2-1-7-20-15)23-10-5-14(6-11-23)25-12-16-21-17(22-26-16)13-3-8-19-9-4-13;/h3-4,8-9,14-15,20H,1-2,5-7,10-12H2;1H. The Labute approximate surface area is 164 Å². The Bertz CT molecular complexity index is 728. The molecule has 0 bridgehead atoms. The lowest BCUT2D eigenvalue weighted by Gasteiger charge is -2.33. The number of halogens is 1. The van der Waals surface area contributed by atoms with E-state index in [1.54, 1.807) is 12.4 Å². The summed E-state index contributed by atoms with van der Waals surface area (Å²) in [6, 6.07) is 3.68. The molecule has 1 atom stereocenters. The highest BCUT2D eigenvalue weighted by atomic mass is 35.5. The predicted molar refractivity (Wildman–Crippen MR) is 100 cm³/mol. The molecule has 0 radical (unpaired) electrons. The first-order valence-corrected chi connectivity index (χ1v) is 9.16. The van der Waals surface area contributed by atoms with Crippen LogP contribution in [0.4, 0.5) is 0 Å². The van der Waals surface area contributed by atoms with Crippen molar-refractivity contribution in [2.75, 3.05) is 19.6 Å². The largest absolute Gasteiger partial charge is 0.368 e. The van der Waals surface area contributed by atoms with E-state index in [0.29, 0.717) is 18.3 Å². The zero-order valence-corrected chi connectivity index (χ0v) is 15.9. The van der Waals surface area contributed by atoms with E-state index in [4.69, 9.17) is 9.26 Å². The van der Waals surface area contributed by atoms with Crippen LogP contribution in [0.15, 0.2) is 29.0 Å². The van der Waals surface area contributed by atoms with Gasteiger partial charge in [-0.15, -0.1) is 12.4 Å². The molecular weight excluding hydrogens is 370 g/mol. The summed E-state index contributed by atoms with van der Waals surface area (Å²) in [6.45, 7) is 2.73. The minimum Gasteiger partial charge on any atom is -0.368 e. The van der Waals surface area contributed by atoms with Gasteiger partial charge in [-0.2, -0.15) is 4.98 Å². The highest BCUT2D eigenvalue weighted by Crippen LogP contribution is 2.19. The maximum atomic E-state index is 12.4. The van der Waals surface area contributed by atoms with Crippen LogP contribution in [0.25, 0.3) is 11.4 Å². The monoisotopic (exact) mass is 393 g/mol. The van der Waals surface area contributed by atoms with E-state index in [9.17, 15) is 4.79 Å². The maximum absolute atomic E-state index is 12.4. The van der Waals surface area contributed by atoms with Crippen LogP contribution in [0, 0.1) is 0 Å². The number of carbonyl (C=O) groups is 1. The van der Waals surface area contributed by atoms with Gasteiger partial charge in [0.25, 0.3) is 5.89 Å². The number of nitrogens with one attached hydrogen (secondary N) is 1. The number of pyridine rings is 1. The summed E-state index contributed by atoms with van der Waals surface area (Å²) in [5.41, 5.74) is 0.863. The predicted octanol–water partition coefficient (Wildman–Crippen LogP) is 1.81. The van der Waals surface area contributed by atoms with Crippen molar-refractivity contribution < 1.29 is 14.1 Å². The molecular formula is C18H24ClN5O3. The molecule has 0 spiro atoms. The second kappa shape index (κ2) is 9.25. The summed E-state index contributed by atoms with van der Waals surface area (Å²) in [5.74, 6) is 1.24. The molecule has 27 heavy (non-hydrogen) atoms. The zero-order chi connectivity index (χ0) is 17.8. The van der Waals surface area contributed by atoms with Gasteiger partial charge in [-0.3, -0.25) is 9.78 Å². The fourth-order valence-corrected chi connectivity index (χ4v) is 3.48. The second-order valence-corrected chi connectivity index (χ2v) is 6.73. The van der Waals surface area contributed by atoms with E-state index in [-0.39, 0.29) is 30.5 Å². The number of hydrogen-bond donors (Lipinski definition) is 1. The maximum Gasteiger partial charge on any atom is 0.252 e. The number of amides is 1. The SMILES string of the molecule is Cl.O=C(C1CCCN1)N1CCC(OCc2nc(-c3ccncc3)no2)CC1. The first-order chi connectivity index (χ1) is 12.8. The van der Waals surface area contributed by atoms with Crippen molar-refractivity contribution in [3.8, 4) is 11.4 Å². The molecule has 146 valence electrons. The van der Waals surface area contributed by atoms with Crippen LogP contribution >= 0.6 is 12.4 Å². The molecule has 1 N–H and O–H groups in total. The molecule has 4 heterocycles. The Morgan fingerprint density at radius 1 is 1.26 bits per heavy atom. The smallest absolute Gasteiger partial charge is 0.252 e. The summed E-state index contributed by atoms with van der Waals surface area (Å²) in [5, 5.41) is 7.25. The summed E-state index contributed by atoms with van der Waals surface area (Å²) in [4.78, 5) is 22.7. The van der Waals surface area contributed by atoms with Crippen molar-refractivity contribution in [2.45, 2.75) is 44.4 Å². The Balaban J connectivity index is 0.00000210. The molecule has 1 unspecified atom stereocenters. The third kappa shape index (κ3) is 4.82. The van der Waals surface area contributed by atoms with Crippen molar-refractivity contribution in [1.82, 2.24) is 25.3 Å². The number of ether oxygens (including phenoxy) is 1. The number of carbonyl (C=O) groups excluding carboxylic acids is 1. The lowest BCUT2D eigenvalue weighted by molar-refractivity contribution is -0.136. The van der Waals surface area contributed by atoms with Crippen LogP contribution < -0.4 is 5.32 Å². The Kier molecular flexibility index (Phi) is 6.76. The van der Waals surface area contributed by atoms with Crippen molar-refractivity contribution >= 4 is 18.3 Å². The van der Waals surface area contributed by atoms with Crippen LogP contribution in [-0.4, -0.2) is 57.7 Å². The molecule has 2 aliphatic rings. The number of hydrogen-bond acceptors (Lipinski definition) is 7. The average Bonchev–Trinajstić information content (AvgIpc) is 3.39. The molecule has 2 aromatic rings. The van der Waals surface area contributed by atoms with Gasteiger partial charge in [0.2, 0.25) is 11.7 Å². The highest BCUT2D eigenvalue weighted by Gasteiger charge is 2.30. The van der Waals surface area contributed by atoms with Gasteiger partial charge in [0.1, 0.15) is 6.61 Å². The van der Waals surface area contributed by atoms with Gasteiger partial charge in [-0.1, -0.05) is 5.16 Å². The van der Waals surface area contributed by atoms with E-state index in [1.165, 1.54) is 0 Å². The molecule has 2 aromatic heterocycles. The average molecular weight is 394 g/mol. The molecule has 0 aromatic carbocycles. The Hall–Kier alpha value is -2.03. The van der Waals surface area contributed by atoms with E-state index < -0.39 is 0 Å². The van der Waals surface area contributed by atoms with E-state index in [1.807, 2.05) is 17.0 Å².